The van der Waals surface area contributed by atoms with Gasteiger partial charge in [0.1, 0.15) is 18.6 Å². The van der Waals surface area contributed by atoms with E-state index in [2.05, 4.69) is 40.2 Å². The van der Waals surface area contributed by atoms with Gasteiger partial charge in [0.05, 0.1) is 11.3 Å². The average Bonchev–Trinajstić information content (AvgIpc) is 3.49. The number of fused-ring (bicyclic) bond motifs is 1. The largest absolute Gasteiger partial charge is 0.465 e. The number of anilines is 1. The Bertz CT molecular complexity index is 1230. The Morgan fingerprint density at radius 1 is 1.33 bits per heavy atom. The number of carbonyl (C=O) groups is 2. The Balaban J connectivity index is 1.66. The predicted octanol–water partition coefficient (Wildman–Crippen LogP) is 3.92. The topological polar surface area (TPSA) is 135 Å². The first-order valence-corrected chi connectivity index (χ1v) is 15.8. The van der Waals surface area contributed by atoms with Gasteiger partial charge in [-0.2, -0.15) is 0 Å². The normalized spacial score (nSPS) is 16.3. The van der Waals surface area contributed by atoms with Crippen LogP contribution in [-0.2, 0) is 11.5 Å². The zero-order valence-electron chi connectivity index (χ0n) is 21.2. The van der Waals surface area contributed by atoms with E-state index in [4.69, 9.17) is 9.15 Å². The molecule has 0 radical (unpaired) electrons. The number of hydrogen-bond donors (Lipinski definition) is 3. The van der Waals surface area contributed by atoms with Gasteiger partial charge in [0.2, 0.25) is 5.89 Å². The summed E-state index contributed by atoms with van der Waals surface area (Å²) in [7, 11) is 0.345. The lowest BCUT2D eigenvalue weighted by atomic mass is 10.0. The molecule has 4 rings (SSSR count). The van der Waals surface area contributed by atoms with Crippen LogP contribution in [-0.4, -0.2) is 77.4 Å². The van der Waals surface area contributed by atoms with Crippen molar-refractivity contribution in [3.63, 3.8) is 0 Å². The van der Waals surface area contributed by atoms with Gasteiger partial charge in [0.25, 0.3) is 5.91 Å². The summed E-state index contributed by atoms with van der Waals surface area (Å²) in [6.45, 7) is 8.92. The van der Waals surface area contributed by atoms with Gasteiger partial charge in [-0.25, -0.2) is 14.8 Å². The van der Waals surface area contributed by atoms with Crippen LogP contribution in [0.1, 0.15) is 23.3 Å². The Hall–Kier alpha value is -3.38. The molecule has 1 atom stereocenters. The highest BCUT2D eigenvalue weighted by molar-refractivity contribution is 6.76. The Morgan fingerprint density at radius 2 is 2.14 bits per heavy atom. The first-order chi connectivity index (χ1) is 17.2. The first-order valence-electron chi connectivity index (χ1n) is 12.1. The molecule has 36 heavy (non-hydrogen) atoms. The predicted molar refractivity (Wildman–Crippen MR) is 139 cm³/mol. The number of aromatic nitrogens is 3. The van der Waals surface area contributed by atoms with Gasteiger partial charge in [-0.3, -0.25) is 4.79 Å². The number of pyridine rings is 1. The summed E-state index contributed by atoms with van der Waals surface area (Å²) in [4.78, 5) is 34.0. The second-order valence-corrected chi connectivity index (χ2v) is 15.9. The molecule has 11 nitrogen and oxygen atoms in total. The molecule has 2 amide bonds. The van der Waals surface area contributed by atoms with Gasteiger partial charge >= 0.3 is 6.09 Å². The number of nitrogens with zero attached hydrogens (tertiary/aromatic N) is 4. The molecule has 0 spiro atoms. The third-order valence-electron chi connectivity index (χ3n) is 6.25. The standard InChI is InChI=1S/C24H34N6O5Si/c1-25-22(31)19-14-35-23(28-19)18-12-26-21-17(7-9-30(21)15-34-10-11-36(2,3)4)20(18)27-16-6-5-8-29(13-16)24(32)33/h7,9,12,14,16H,5-6,8,10-11,13,15H2,1-4H3,(H,25,31)(H,26,27)(H,32,33). The highest BCUT2D eigenvalue weighted by Crippen LogP contribution is 2.35. The molecule has 194 valence electrons. The van der Waals surface area contributed by atoms with Crippen molar-refractivity contribution in [2.75, 3.05) is 32.1 Å². The summed E-state index contributed by atoms with van der Waals surface area (Å²) < 4.78 is 13.5. The van der Waals surface area contributed by atoms with Crippen molar-refractivity contribution >= 4 is 36.8 Å². The summed E-state index contributed by atoms with van der Waals surface area (Å²) in [6.07, 6.45) is 5.57. The van der Waals surface area contributed by atoms with Gasteiger partial charge in [0.15, 0.2) is 5.69 Å². The van der Waals surface area contributed by atoms with Gasteiger partial charge in [0, 0.05) is 58.6 Å². The fourth-order valence-corrected chi connectivity index (χ4v) is 4.96. The third-order valence-corrected chi connectivity index (χ3v) is 7.95. The van der Waals surface area contributed by atoms with Crippen LogP contribution in [0.3, 0.4) is 0 Å². The highest BCUT2D eigenvalue weighted by atomic mass is 28.3. The van der Waals surface area contributed by atoms with E-state index in [-0.39, 0.29) is 23.5 Å². The zero-order valence-corrected chi connectivity index (χ0v) is 22.2. The first kappa shape index (κ1) is 25.7. The van der Waals surface area contributed by atoms with Crippen molar-refractivity contribution in [3.05, 3.63) is 30.4 Å². The molecule has 1 aliphatic heterocycles. The SMILES string of the molecule is CNC(=O)c1coc(-c2cnc3c(ccn3COCC[Si](C)(C)C)c2NC2CCCN(C(=O)O)C2)n1. The van der Waals surface area contributed by atoms with E-state index in [9.17, 15) is 14.7 Å². The van der Waals surface area contributed by atoms with Gasteiger partial charge in [-0.05, 0) is 25.0 Å². The monoisotopic (exact) mass is 514 g/mol. The molecule has 4 heterocycles. The average molecular weight is 515 g/mol. The molecular formula is C24H34N6O5Si. The van der Waals surface area contributed by atoms with Crippen LogP contribution in [0.2, 0.25) is 25.7 Å². The van der Waals surface area contributed by atoms with Crippen molar-refractivity contribution in [3.8, 4) is 11.5 Å². The molecule has 1 fully saturated rings. The van der Waals surface area contributed by atoms with Crippen LogP contribution in [0.4, 0.5) is 10.5 Å². The molecular weight excluding hydrogens is 480 g/mol. The molecule has 0 bridgehead atoms. The van der Waals surface area contributed by atoms with Gasteiger partial charge in [-0.1, -0.05) is 19.6 Å². The maximum atomic E-state index is 12.0. The molecule has 3 N–H and O–H groups in total. The molecule has 0 aliphatic carbocycles. The number of nitrogens with one attached hydrogen (secondary N) is 2. The quantitative estimate of drug-likeness (QED) is 0.289. The maximum Gasteiger partial charge on any atom is 0.407 e. The molecule has 1 aliphatic rings. The number of ether oxygens (including phenoxy) is 1. The van der Waals surface area contributed by atoms with Crippen molar-refractivity contribution in [1.29, 1.82) is 0 Å². The minimum absolute atomic E-state index is 0.0936. The van der Waals surface area contributed by atoms with E-state index in [0.717, 1.165) is 35.6 Å². The molecule has 12 heteroatoms. The van der Waals surface area contributed by atoms with Crippen LogP contribution < -0.4 is 10.6 Å². The minimum atomic E-state index is -1.19. The fourth-order valence-electron chi connectivity index (χ4n) is 4.20. The lowest BCUT2D eigenvalue weighted by Gasteiger charge is -2.32. The lowest BCUT2D eigenvalue weighted by Crippen LogP contribution is -2.44. The van der Waals surface area contributed by atoms with Crippen LogP contribution in [0.15, 0.2) is 29.1 Å². The second kappa shape index (κ2) is 10.7. The summed E-state index contributed by atoms with van der Waals surface area (Å²) in [5, 5.41) is 16.4. The van der Waals surface area contributed by atoms with Crippen LogP contribution in [0.5, 0.6) is 0 Å². The number of rotatable bonds is 9. The maximum absolute atomic E-state index is 12.0. The smallest absolute Gasteiger partial charge is 0.407 e. The number of piperidine rings is 1. The fraction of sp³-hybridized carbons (Fsp3) is 0.500. The number of carbonyl (C=O) groups excluding carboxylic acids is 1. The molecule has 1 unspecified atom stereocenters. The number of amides is 2. The van der Waals surface area contributed by atoms with E-state index in [0.29, 0.717) is 32.0 Å². The van der Waals surface area contributed by atoms with Crippen molar-refractivity contribution < 1.29 is 23.8 Å². The van der Waals surface area contributed by atoms with E-state index in [1.54, 1.807) is 6.20 Å². The molecule has 3 aromatic rings. The zero-order chi connectivity index (χ0) is 25.9. The molecule has 0 saturated carbocycles. The van der Waals surface area contributed by atoms with E-state index >= 15 is 0 Å². The van der Waals surface area contributed by atoms with Crippen molar-refractivity contribution in [1.82, 2.24) is 24.8 Å². The minimum Gasteiger partial charge on any atom is -0.465 e. The van der Waals surface area contributed by atoms with Crippen molar-refractivity contribution in [2.24, 2.45) is 0 Å². The number of oxazole rings is 1. The Kier molecular flexibility index (Phi) is 7.64. The van der Waals surface area contributed by atoms with E-state index < -0.39 is 14.2 Å². The van der Waals surface area contributed by atoms with Crippen LogP contribution >= 0.6 is 0 Å². The lowest BCUT2D eigenvalue weighted by molar-refractivity contribution is 0.0899. The number of carboxylic acid groups (broad SMARTS) is 1. The summed E-state index contributed by atoms with van der Waals surface area (Å²) in [6, 6.07) is 2.94. The van der Waals surface area contributed by atoms with Crippen LogP contribution in [0.25, 0.3) is 22.5 Å². The van der Waals surface area contributed by atoms with Crippen molar-refractivity contribution in [2.45, 2.75) is 51.3 Å². The van der Waals surface area contributed by atoms with Gasteiger partial charge < -0.3 is 34.4 Å². The third kappa shape index (κ3) is 5.87. The Morgan fingerprint density at radius 3 is 2.86 bits per heavy atom. The van der Waals surface area contributed by atoms with Gasteiger partial charge in [-0.15, -0.1) is 0 Å². The summed E-state index contributed by atoms with van der Waals surface area (Å²) in [5.74, 6) is -0.0879. The number of hydrogen-bond acceptors (Lipinski definition) is 7. The van der Waals surface area contributed by atoms with E-state index in [1.165, 1.54) is 18.2 Å². The second-order valence-electron chi connectivity index (χ2n) is 10.2. The molecule has 3 aromatic heterocycles. The summed E-state index contributed by atoms with van der Waals surface area (Å²) in [5.41, 5.74) is 2.24. The number of likely N-dealkylation sites (tertiary alicyclic amines) is 1. The molecule has 1 saturated heterocycles. The molecule has 0 aromatic carbocycles. The summed E-state index contributed by atoms with van der Waals surface area (Å²) >= 11 is 0. The highest BCUT2D eigenvalue weighted by Gasteiger charge is 2.26. The van der Waals surface area contributed by atoms with E-state index in [1.807, 2.05) is 16.8 Å². The van der Waals surface area contributed by atoms with Crippen LogP contribution in [0, 0.1) is 0 Å². The Labute approximate surface area is 210 Å².